The molecule has 2 heterocycles. The smallest absolute Gasteiger partial charge is 0.133 e. The topological polar surface area (TPSA) is 29.0 Å². The first-order chi connectivity index (χ1) is 7.83. The van der Waals surface area contributed by atoms with E-state index in [-0.39, 0.29) is 0 Å². The highest BCUT2D eigenvalue weighted by atomic mass is 15.2. The molecule has 2 aliphatic rings. The molecule has 0 atom stereocenters. The maximum absolute atomic E-state index is 4.67. The first kappa shape index (κ1) is 9.82. The molecule has 1 saturated heterocycles. The number of piperidine rings is 1. The fourth-order valence-corrected chi connectivity index (χ4v) is 2.13. The molecule has 3 rings (SSSR count). The molecule has 3 nitrogen and oxygen atoms in total. The molecule has 1 aromatic rings. The second kappa shape index (κ2) is 3.89. The highest BCUT2D eigenvalue weighted by Gasteiger charge is 2.27. The average Bonchev–Trinajstić information content (AvgIpc) is 3.14. The van der Waals surface area contributed by atoms with Gasteiger partial charge in [-0.1, -0.05) is 12.2 Å². The van der Waals surface area contributed by atoms with E-state index in [2.05, 4.69) is 21.4 Å². The van der Waals surface area contributed by atoms with Crippen molar-refractivity contribution in [3.05, 3.63) is 30.2 Å². The zero-order chi connectivity index (χ0) is 11.0. The lowest BCUT2D eigenvalue weighted by Gasteiger charge is -2.29. The summed E-state index contributed by atoms with van der Waals surface area (Å²) in [5.74, 6) is 2.78. The van der Waals surface area contributed by atoms with Crippen LogP contribution in [0.2, 0.25) is 0 Å². The van der Waals surface area contributed by atoms with Crippen molar-refractivity contribution in [2.45, 2.75) is 31.6 Å². The number of nitrogens with zero attached hydrogens (tertiary/aromatic N) is 3. The second-order valence-corrected chi connectivity index (χ2v) is 4.78. The fraction of sp³-hybridized carbons (Fsp3) is 0.538. The first-order valence-electron chi connectivity index (χ1n) is 6.07. The number of anilines is 1. The summed E-state index contributed by atoms with van der Waals surface area (Å²) >= 11 is 0. The molecule has 0 spiro atoms. The van der Waals surface area contributed by atoms with Gasteiger partial charge in [0.15, 0.2) is 0 Å². The van der Waals surface area contributed by atoms with Crippen molar-refractivity contribution in [1.29, 1.82) is 0 Å². The molecule has 16 heavy (non-hydrogen) atoms. The van der Waals surface area contributed by atoms with Gasteiger partial charge < -0.3 is 4.90 Å². The summed E-state index contributed by atoms with van der Waals surface area (Å²) in [7, 11) is 0. The molecular weight excluding hydrogens is 198 g/mol. The maximum Gasteiger partial charge on any atom is 0.133 e. The van der Waals surface area contributed by atoms with Gasteiger partial charge in [0.1, 0.15) is 11.6 Å². The molecule has 0 radical (unpaired) electrons. The van der Waals surface area contributed by atoms with E-state index in [0.29, 0.717) is 5.92 Å². The minimum Gasteiger partial charge on any atom is -0.356 e. The molecule has 0 unspecified atom stereocenters. The van der Waals surface area contributed by atoms with E-state index < -0.39 is 0 Å². The van der Waals surface area contributed by atoms with Gasteiger partial charge in [-0.05, 0) is 31.7 Å². The number of hydrogen-bond acceptors (Lipinski definition) is 3. The summed E-state index contributed by atoms with van der Waals surface area (Å²) in [6, 6.07) is 2.03. The Morgan fingerprint density at radius 2 is 2.00 bits per heavy atom. The second-order valence-electron chi connectivity index (χ2n) is 4.78. The molecule has 3 heteroatoms. The summed E-state index contributed by atoms with van der Waals surface area (Å²) < 4.78 is 0. The Morgan fingerprint density at radius 1 is 1.25 bits per heavy atom. The minimum absolute atomic E-state index is 0.639. The third-order valence-corrected chi connectivity index (χ3v) is 3.40. The largest absolute Gasteiger partial charge is 0.356 e. The molecule has 0 amide bonds. The van der Waals surface area contributed by atoms with Crippen LogP contribution in [0, 0.1) is 0 Å². The summed E-state index contributed by atoms with van der Waals surface area (Å²) in [6.45, 7) is 6.15. The van der Waals surface area contributed by atoms with Gasteiger partial charge in [-0.25, -0.2) is 9.97 Å². The van der Waals surface area contributed by atoms with Gasteiger partial charge in [0.2, 0.25) is 0 Å². The van der Waals surface area contributed by atoms with Crippen molar-refractivity contribution in [3.8, 4) is 0 Å². The third-order valence-electron chi connectivity index (χ3n) is 3.40. The molecule has 1 aliphatic heterocycles. The zero-order valence-electron chi connectivity index (χ0n) is 9.52. The quantitative estimate of drug-likeness (QED) is 0.710. The van der Waals surface area contributed by atoms with E-state index in [1.807, 2.05) is 12.3 Å². The van der Waals surface area contributed by atoms with Crippen molar-refractivity contribution < 1.29 is 0 Å². The normalized spacial score (nSPS) is 21.2. The SMILES string of the molecule is C=C1CCN(c2ccnc(C3CC3)n2)CC1. The molecule has 2 fully saturated rings. The predicted octanol–water partition coefficient (Wildman–Crippen LogP) is 2.51. The highest BCUT2D eigenvalue weighted by molar-refractivity contribution is 5.39. The van der Waals surface area contributed by atoms with E-state index in [0.717, 1.165) is 37.6 Å². The van der Waals surface area contributed by atoms with Gasteiger partial charge in [-0.2, -0.15) is 0 Å². The molecule has 1 aliphatic carbocycles. The fourth-order valence-electron chi connectivity index (χ4n) is 2.13. The van der Waals surface area contributed by atoms with E-state index in [4.69, 9.17) is 0 Å². The summed E-state index contributed by atoms with van der Waals surface area (Å²) in [4.78, 5) is 11.4. The average molecular weight is 215 g/mol. The van der Waals surface area contributed by atoms with Gasteiger partial charge in [-0.15, -0.1) is 0 Å². The van der Waals surface area contributed by atoms with Gasteiger partial charge >= 0.3 is 0 Å². The van der Waals surface area contributed by atoms with Crippen LogP contribution >= 0.6 is 0 Å². The van der Waals surface area contributed by atoms with Crippen molar-refractivity contribution in [2.75, 3.05) is 18.0 Å². The van der Waals surface area contributed by atoms with Crippen LogP contribution in [0.4, 0.5) is 5.82 Å². The minimum atomic E-state index is 0.639. The summed E-state index contributed by atoms with van der Waals surface area (Å²) in [5.41, 5.74) is 1.37. The van der Waals surface area contributed by atoms with Crippen LogP contribution < -0.4 is 4.90 Å². The number of aromatic nitrogens is 2. The van der Waals surface area contributed by atoms with Gasteiger partial charge in [0, 0.05) is 25.2 Å². The van der Waals surface area contributed by atoms with Crippen molar-refractivity contribution >= 4 is 5.82 Å². The Kier molecular flexibility index (Phi) is 2.39. The lowest BCUT2D eigenvalue weighted by atomic mass is 10.1. The third kappa shape index (κ3) is 1.94. The van der Waals surface area contributed by atoms with Crippen LogP contribution in [-0.2, 0) is 0 Å². The van der Waals surface area contributed by atoms with Crippen LogP contribution in [0.25, 0.3) is 0 Å². The molecule has 1 aromatic heterocycles. The molecule has 0 aromatic carbocycles. The van der Waals surface area contributed by atoms with Crippen LogP contribution in [0.3, 0.4) is 0 Å². The van der Waals surface area contributed by atoms with Crippen LogP contribution in [0.5, 0.6) is 0 Å². The van der Waals surface area contributed by atoms with Crippen molar-refractivity contribution in [1.82, 2.24) is 9.97 Å². The van der Waals surface area contributed by atoms with Crippen molar-refractivity contribution in [2.24, 2.45) is 0 Å². The lowest BCUT2D eigenvalue weighted by molar-refractivity contribution is 0.675. The Labute approximate surface area is 96.2 Å². The standard InChI is InChI=1S/C13H17N3/c1-10-5-8-16(9-6-10)12-4-7-14-13(15-12)11-2-3-11/h4,7,11H,1-3,5-6,8-9H2. The molecule has 0 bridgehead atoms. The van der Waals surface area contributed by atoms with Crippen LogP contribution in [0.1, 0.15) is 37.4 Å². The number of hydrogen-bond donors (Lipinski definition) is 0. The van der Waals surface area contributed by atoms with Crippen LogP contribution in [-0.4, -0.2) is 23.1 Å². The van der Waals surface area contributed by atoms with E-state index in [1.54, 1.807) is 0 Å². The Hall–Kier alpha value is -1.38. The van der Waals surface area contributed by atoms with Gasteiger partial charge in [-0.3, -0.25) is 0 Å². The van der Waals surface area contributed by atoms with Crippen molar-refractivity contribution in [3.63, 3.8) is 0 Å². The first-order valence-corrected chi connectivity index (χ1v) is 6.07. The molecular formula is C13H17N3. The molecule has 1 saturated carbocycles. The van der Waals surface area contributed by atoms with Crippen LogP contribution in [0.15, 0.2) is 24.4 Å². The molecule has 84 valence electrons. The van der Waals surface area contributed by atoms with E-state index in [1.165, 1.54) is 18.4 Å². The van der Waals surface area contributed by atoms with Gasteiger partial charge in [0.05, 0.1) is 0 Å². The summed E-state index contributed by atoms with van der Waals surface area (Å²) in [5, 5.41) is 0. The Balaban J connectivity index is 1.77. The highest BCUT2D eigenvalue weighted by Crippen LogP contribution is 2.38. The van der Waals surface area contributed by atoms with E-state index >= 15 is 0 Å². The number of rotatable bonds is 2. The van der Waals surface area contributed by atoms with E-state index in [9.17, 15) is 0 Å². The zero-order valence-corrected chi connectivity index (χ0v) is 9.52. The molecule has 0 N–H and O–H groups in total. The lowest BCUT2D eigenvalue weighted by Crippen LogP contribution is -2.31. The predicted molar refractivity (Wildman–Crippen MR) is 64.6 cm³/mol. The maximum atomic E-state index is 4.67. The van der Waals surface area contributed by atoms with Gasteiger partial charge in [0.25, 0.3) is 0 Å². The Bertz CT molecular complexity index is 399. The Morgan fingerprint density at radius 3 is 2.69 bits per heavy atom. The summed E-state index contributed by atoms with van der Waals surface area (Å²) in [6.07, 6.45) is 6.63. The monoisotopic (exact) mass is 215 g/mol.